The van der Waals surface area contributed by atoms with Crippen LogP contribution in [0, 0.1) is 0 Å². The monoisotopic (exact) mass is 592 g/mol. The van der Waals surface area contributed by atoms with Crippen LogP contribution in [0.2, 0.25) is 5.02 Å². The molecule has 11 heteroatoms. The Balaban J connectivity index is 1.27. The number of nitrogens with zero attached hydrogens (tertiary/aromatic N) is 4. The van der Waals surface area contributed by atoms with Crippen LogP contribution in [0.3, 0.4) is 0 Å². The van der Waals surface area contributed by atoms with Crippen molar-refractivity contribution in [3.05, 3.63) is 94.8 Å². The summed E-state index contributed by atoms with van der Waals surface area (Å²) in [5.74, 6) is -0.542. The fourth-order valence-electron chi connectivity index (χ4n) is 4.72. The van der Waals surface area contributed by atoms with Gasteiger partial charge in [0.2, 0.25) is 0 Å². The average molecular weight is 593 g/mol. The van der Waals surface area contributed by atoms with Gasteiger partial charge in [-0.1, -0.05) is 65.3 Å². The van der Waals surface area contributed by atoms with Crippen molar-refractivity contribution in [1.82, 2.24) is 20.1 Å². The zero-order valence-electron chi connectivity index (χ0n) is 23.7. The molecule has 1 aromatic heterocycles. The number of ether oxygens (including phenoxy) is 3. The third-order valence-electron chi connectivity index (χ3n) is 6.70. The number of hydrogen-bond acceptors (Lipinski definition) is 9. The summed E-state index contributed by atoms with van der Waals surface area (Å²) in [5, 5.41) is 12.7. The van der Waals surface area contributed by atoms with Gasteiger partial charge in [-0.15, -0.1) is 10.2 Å². The van der Waals surface area contributed by atoms with E-state index in [-0.39, 0.29) is 18.2 Å². The third kappa shape index (κ3) is 7.64. The molecule has 0 N–H and O–H groups in total. The van der Waals surface area contributed by atoms with Crippen molar-refractivity contribution in [2.24, 2.45) is 0 Å². The third-order valence-corrected chi connectivity index (χ3v) is 7.03. The fourth-order valence-corrected chi connectivity index (χ4v) is 4.93. The van der Waals surface area contributed by atoms with Crippen LogP contribution in [-0.2, 0) is 32.3 Å². The van der Waals surface area contributed by atoms with Crippen LogP contribution < -0.4 is 0 Å². The number of benzene rings is 3. The zero-order chi connectivity index (χ0) is 29.7. The Morgan fingerprint density at radius 1 is 1.00 bits per heavy atom. The molecule has 5 rings (SSSR count). The average Bonchev–Trinajstić information content (AvgIpc) is 3.43. The van der Waals surface area contributed by atoms with Crippen molar-refractivity contribution < 1.29 is 28.6 Å². The van der Waals surface area contributed by atoms with Crippen molar-refractivity contribution in [2.45, 2.75) is 58.2 Å². The van der Waals surface area contributed by atoms with Gasteiger partial charge in [-0.25, -0.2) is 14.3 Å². The summed E-state index contributed by atoms with van der Waals surface area (Å²) in [5.41, 5.74) is 1.11. The highest BCUT2D eigenvalue weighted by atomic mass is 35.5. The van der Waals surface area contributed by atoms with Crippen molar-refractivity contribution >= 4 is 34.5 Å². The van der Waals surface area contributed by atoms with Gasteiger partial charge in [0, 0.05) is 6.54 Å². The quantitative estimate of drug-likeness (QED) is 0.223. The molecule has 0 bridgehead atoms. The van der Waals surface area contributed by atoms with E-state index >= 15 is 0 Å². The molecule has 1 aliphatic rings. The summed E-state index contributed by atoms with van der Waals surface area (Å²) in [6.45, 7) is 6.37. The summed E-state index contributed by atoms with van der Waals surface area (Å²) in [7, 11) is 0. The van der Waals surface area contributed by atoms with Crippen molar-refractivity contribution in [2.75, 3.05) is 13.1 Å². The Morgan fingerprint density at radius 3 is 2.55 bits per heavy atom. The first-order valence-electron chi connectivity index (χ1n) is 13.7. The lowest BCUT2D eigenvalue weighted by Gasteiger charge is -2.36. The van der Waals surface area contributed by atoms with Crippen molar-refractivity contribution in [3.8, 4) is 0 Å². The molecule has 0 radical (unpaired) electrons. The Labute approximate surface area is 249 Å². The van der Waals surface area contributed by atoms with Gasteiger partial charge in [-0.2, -0.15) is 0 Å². The highest BCUT2D eigenvalue weighted by Gasteiger charge is 2.35. The molecule has 42 heavy (non-hydrogen) atoms. The standard InChI is InChI=1S/C31H33ClN4O6/c1-31(2,3)41-30(38)42-35-15-14-27(28(18-35)39-19-21-12-13-22-8-4-5-9-23(22)16-21)36-17-24(33-34-36)20-40-29(37)25-10-6-7-11-26(25)32/h4-13,16-17,27-28H,14-15,18-20H2,1-3H3. The lowest BCUT2D eigenvalue weighted by Crippen LogP contribution is -2.47. The van der Waals surface area contributed by atoms with Gasteiger partial charge in [-0.05, 0) is 61.7 Å². The molecule has 0 aliphatic carbocycles. The minimum absolute atomic E-state index is 0.0622. The second kappa shape index (κ2) is 12.9. The van der Waals surface area contributed by atoms with E-state index < -0.39 is 23.8 Å². The number of piperidine rings is 1. The van der Waals surface area contributed by atoms with Gasteiger partial charge in [0.05, 0.1) is 42.1 Å². The van der Waals surface area contributed by atoms with E-state index in [1.807, 2.05) is 18.2 Å². The number of hydrogen-bond donors (Lipinski definition) is 0. The number of aromatic nitrogens is 3. The number of carbonyl (C=O) groups is 2. The molecule has 2 unspecified atom stereocenters. The predicted octanol–water partition coefficient (Wildman–Crippen LogP) is 6.14. The smallest absolute Gasteiger partial charge is 0.455 e. The Bertz CT molecular complexity index is 1550. The first-order valence-corrected chi connectivity index (χ1v) is 14.1. The van der Waals surface area contributed by atoms with Crippen LogP contribution in [0.4, 0.5) is 4.79 Å². The van der Waals surface area contributed by atoms with Crippen LogP contribution in [0.25, 0.3) is 10.8 Å². The lowest BCUT2D eigenvalue weighted by molar-refractivity contribution is -0.185. The molecular formula is C31H33ClN4O6. The normalized spacial score (nSPS) is 17.6. The van der Waals surface area contributed by atoms with Gasteiger partial charge >= 0.3 is 12.1 Å². The highest BCUT2D eigenvalue weighted by Crippen LogP contribution is 2.27. The van der Waals surface area contributed by atoms with Crippen LogP contribution in [0.1, 0.15) is 54.8 Å². The van der Waals surface area contributed by atoms with E-state index in [2.05, 4.69) is 34.6 Å². The molecular weight excluding hydrogens is 560 g/mol. The van der Waals surface area contributed by atoms with Crippen molar-refractivity contribution in [3.63, 3.8) is 0 Å². The van der Waals surface area contributed by atoms with Gasteiger partial charge in [0.1, 0.15) is 17.9 Å². The molecule has 4 aromatic rings. The molecule has 1 fully saturated rings. The maximum absolute atomic E-state index is 12.5. The van der Waals surface area contributed by atoms with Crippen LogP contribution in [0.15, 0.2) is 72.9 Å². The predicted molar refractivity (Wildman–Crippen MR) is 156 cm³/mol. The van der Waals surface area contributed by atoms with E-state index in [1.54, 1.807) is 61.0 Å². The van der Waals surface area contributed by atoms with Crippen LogP contribution in [0.5, 0.6) is 0 Å². The maximum atomic E-state index is 12.5. The zero-order valence-corrected chi connectivity index (χ0v) is 24.5. The lowest BCUT2D eigenvalue weighted by atomic mass is 10.0. The molecule has 1 saturated heterocycles. The molecule has 2 atom stereocenters. The first kappa shape index (κ1) is 29.5. The molecule has 220 valence electrons. The minimum Gasteiger partial charge on any atom is -0.455 e. The second-order valence-corrected chi connectivity index (χ2v) is 11.5. The number of esters is 1. The van der Waals surface area contributed by atoms with E-state index in [0.29, 0.717) is 36.8 Å². The van der Waals surface area contributed by atoms with Gasteiger partial charge in [0.15, 0.2) is 0 Å². The number of fused-ring (bicyclic) bond motifs is 1. The summed E-state index contributed by atoms with van der Waals surface area (Å²) >= 11 is 6.11. The second-order valence-electron chi connectivity index (χ2n) is 11.1. The van der Waals surface area contributed by atoms with Crippen molar-refractivity contribution in [1.29, 1.82) is 0 Å². The number of carbonyl (C=O) groups excluding carboxylic acids is 2. The number of halogens is 1. The molecule has 1 aliphatic heterocycles. The first-order chi connectivity index (χ1) is 20.1. The van der Waals surface area contributed by atoms with E-state index in [0.717, 1.165) is 16.3 Å². The molecule has 0 amide bonds. The maximum Gasteiger partial charge on any atom is 0.528 e. The van der Waals surface area contributed by atoms with Gasteiger partial charge < -0.3 is 19.0 Å². The number of hydroxylamine groups is 2. The summed E-state index contributed by atoms with van der Waals surface area (Å²) < 4.78 is 18.9. The fraction of sp³-hybridized carbons (Fsp3) is 0.355. The molecule has 0 spiro atoms. The Morgan fingerprint density at radius 2 is 1.76 bits per heavy atom. The topological polar surface area (TPSA) is 105 Å². The summed E-state index contributed by atoms with van der Waals surface area (Å²) in [4.78, 5) is 30.3. The molecule has 3 aromatic carbocycles. The highest BCUT2D eigenvalue weighted by molar-refractivity contribution is 6.33. The minimum atomic E-state index is -0.766. The molecule has 2 heterocycles. The van der Waals surface area contributed by atoms with E-state index in [9.17, 15) is 9.59 Å². The SMILES string of the molecule is CC(C)(C)OC(=O)ON1CCC(n2cc(COC(=O)c3ccccc3Cl)nn2)C(OCc2ccc3ccccc3c2)C1. The number of rotatable bonds is 8. The largest absolute Gasteiger partial charge is 0.528 e. The summed E-state index contributed by atoms with van der Waals surface area (Å²) in [6.07, 6.45) is 1.14. The molecule has 10 nitrogen and oxygen atoms in total. The molecule has 0 saturated carbocycles. The van der Waals surface area contributed by atoms with E-state index in [1.165, 1.54) is 0 Å². The van der Waals surface area contributed by atoms with Gasteiger partial charge in [-0.3, -0.25) is 0 Å². The van der Waals surface area contributed by atoms with Crippen LogP contribution >= 0.6 is 11.6 Å². The van der Waals surface area contributed by atoms with Gasteiger partial charge in [0.25, 0.3) is 0 Å². The Hall–Kier alpha value is -3.99. The Kier molecular flexibility index (Phi) is 9.06. The van der Waals surface area contributed by atoms with Crippen LogP contribution in [-0.4, -0.2) is 57.0 Å². The summed E-state index contributed by atoms with van der Waals surface area (Å²) in [6, 6.07) is 20.8. The van der Waals surface area contributed by atoms with E-state index in [4.69, 9.17) is 30.6 Å².